The zero-order valence-corrected chi connectivity index (χ0v) is 10.6. The molecule has 1 unspecified atom stereocenters. The summed E-state index contributed by atoms with van der Waals surface area (Å²) in [6, 6.07) is 4.94. The maximum atomic E-state index is 11.8. The summed E-state index contributed by atoms with van der Waals surface area (Å²) in [7, 11) is 0. The minimum absolute atomic E-state index is 0.241. The normalized spacial score (nSPS) is 12.2. The van der Waals surface area contributed by atoms with Crippen LogP contribution in [0.4, 0.5) is 0 Å². The fourth-order valence-corrected chi connectivity index (χ4v) is 1.38. The standard InChI is InChI=1S/C11H12BrNO3/c1-7(2)16-11(15)9(12)10(14)8-5-3-4-6-13-8/h3-7,9H,1-2H3. The number of Topliss-reactive ketones (excluding diaryl/α,β-unsaturated/α-hetero) is 1. The van der Waals surface area contributed by atoms with Crippen LogP contribution in [-0.4, -0.2) is 27.7 Å². The highest BCUT2D eigenvalue weighted by molar-refractivity contribution is 9.10. The van der Waals surface area contributed by atoms with Crippen LogP contribution in [0.25, 0.3) is 0 Å². The van der Waals surface area contributed by atoms with E-state index in [0.29, 0.717) is 0 Å². The van der Waals surface area contributed by atoms with Crippen molar-refractivity contribution in [3.63, 3.8) is 0 Å². The average Bonchev–Trinajstić information content (AvgIpc) is 2.27. The molecule has 0 N–H and O–H groups in total. The third kappa shape index (κ3) is 3.41. The van der Waals surface area contributed by atoms with Crippen LogP contribution in [-0.2, 0) is 9.53 Å². The number of ether oxygens (including phenoxy) is 1. The number of alkyl halides is 1. The molecule has 0 aliphatic carbocycles. The number of carbonyl (C=O) groups is 2. The van der Waals surface area contributed by atoms with Crippen LogP contribution in [0.1, 0.15) is 24.3 Å². The Morgan fingerprint density at radius 3 is 2.56 bits per heavy atom. The Morgan fingerprint density at radius 2 is 2.06 bits per heavy atom. The molecule has 0 saturated carbocycles. The summed E-state index contributed by atoms with van der Waals surface area (Å²) in [6.45, 7) is 3.45. The number of pyridine rings is 1. The molecule has 0 aliphatic rings. The molecule has 1 atom stereocenters. The quantitative estimate of drug-likeness (QED) is 0.367. The van der Waals surface area contributed by atoms with E-state index >= 15 is 0 Å². The lowest BCUT2D eigenvalue weighted by molar-refractivity contribution is -0.145. The third-order valence-corrected chi connectivity index (χ3v) is 2.50. The first kappa shape index (κ1) is 12.8. The van der Waals surface area contributed by atoms with Gasteiger partial charge in [0.25, 0.3) is 0 Å². The SMILES string of the molecule is CC(C)OC(=O)C(Br)C(=O)c1ccccn1. The second-order valence-electron chi connectivity index (χ2n) is 3.43. The van der Waals surface area contributed by atoms with Crippen LogP contribution in [0, 0.1) is 0 Å². The minimum atomic E-state index is -0.996. The molecule has 4 nitrogen and oxygen atoms in total. The van der Waals surface area contributed by atoms with E-state index in [9.17, 15) is 9.59 Å². The van der Waals surface area contributed by atoms with Gasteiger partial charge in [0.1, 0.15) is 5.69 Å². The molecule has 0 amide bonds. The highest BCUT2D eigenvalue weighted by atomic mass is 79.9. The molecule has 1 aromatic heterocycles. The number of rotatable bonds is 4. The Balaban J connectivity index is 2.72. The Labute approximate surface area is 102 Å². The van der Waals surface area contributed by atoms with E-state index in [2.05, 4.69) is 20.9 Å². The lowest BCUT2D eigenvalue weighted by atomic mass is 10.2. The van der Waals surface area contributed by atoms with E-state index < -0.39 is 16.6 Å². The molecule has 0 aromatic carbocycles. The Bertz CT molecular complexity index is 378. The molecule has 0 spiro atoms. The molecule has 1 aromatic rings. The summed E-state index contributed by atoms with van der Waals surface area (Å²) in [5.74, 6) is -0.989. The van der Waals surface area contributed by atoms with Crippen LogP contribution < -0.4 is 0 Å². The van der Waals surface area contributed by atoms with E-state index in [4.69, 9.17) is 4.74 Å². The number of ketones is 1. The van der Waals surface area contributed by atoms with E-state index in [0.717, 1.165) is 0 Å². The molecule has 1 rings (SSSR count). The lowest BCUT2D eigenvalue weighted by Crippen LogP contribution is -2.28. The first-order valence-electron chi connectivity index (χ1n) is 4.82. The van der Waals surface area contributed by atoms with E-state index in [1.807, 2.05) is 0 Å². The van der Waals surface area contributed by atoms with Gasteiger partial charge >= 0.3 is 5.97 Å². The number of esters is 1. The predicted octanol–water partition coefficient (Wildman–Crippen LogP) is 1.98. The fraction of sp³-hybridized carbons (Fsp3) is 0.364. The van der Waals surface area contributed by atoms with E-state index in [1.165, 1.54) is 6.20 Å². The number of hydrogen-bond donors (Lipinski definition) is 0. The monoisotopic (exact) mass is 285 g/mol. The molecule has 1 heterocycles. The number of carbonyl (C=O) groups excluding carboxylic acids is 2. The van der Waals surface area contributed by atoms with Gasteiger partial charge in [0.2, 0.25) is 5.78 Å². The number of aromatic nitrogens is 1. The van der Waals surface area contributed by atoms with Crippen molar-refractivity contribution in [2.45, 2.75) is 24.8 Å². The van der Waals surface area contributed by atoms with Gasteiger partial charge in [-0.25, -0.2) is 0 Å². The van der Waals surface area contributed by atoms with Crippen LogP contribution in [0.2, 0.25) is 0 Å². The topological polar surface area (TPSA) is 56.3 Å². The van der Waals surface area contributed by atoms with Gasteiger partial charge in [-0.05, 0) is 26.0 Å². The van der Waals surface area contributed by atoms with Crippen LogP contribution in [0.15, 0.2) is 24.4 Å². The summed E-state index contributed by atoms with van der Waals surface area (Å²) < 4.78 is 4.92. The summed E-state index contributed by atoms with van der Waals surface area (Å²) in [6.07, 6.45) is 1.25. The molecule has 0 fully saturated rings. The average molecular weight is 286 g/mol. The lowest BCUT2D eigenvalue weighted by Gasteiger charge is -2.11. The second-order valence-corrected chi connectivity index (χ2v) is 4.34. The first-order valence-corrected chi connectivity index (χ1v) is 5.73. The molecule has 0 saturated heterocycles. The maximum absolute atomic E-state index is 11.8. The Kier molecular flexibility index (Phi) is 4.61. The van der Waals surface area contributed by atoms with Gasteiger partial charge in [-0.3, -0.25) is 14.6 Å². The van der Waals surface area contributed by atoms with Crippen LogP contribution in [0.3, 0.4) is 0 Å². The first-order chi connectivity index (χ1) is 7.52. The predicted molar refractivity (Wildman–Crippen MR) is 62.5 cm³/mol. The summed E-state index contributed by atoms with van der Waals surface area (Å²) in [5.41, 5.74) is 0.241. The minimum Gasteiger partial charge on any atom is -0.462 e. The molecule has 0 bridgehead atoms. The van der Waals surface area contributed by atoms with Gasteiger partial charge in [-0.2, -0.15) is 0 Å². The van der Waals surface area contributed by atoms with Gasteiger partial charge in [-0.15, -0.1) is 0 Å². The van der Waals surface area contributed by atoms with Gasteiger partial charge in [0.05, 0.1) is 6.10 Å². The van der Waals surface area contributed by atoms with Crippen molar-refractivity contribution in [3.8, 4) is 0 Å². The van der Waals surface area contributed by atoms with Crippen molar-refractivity contribution in [3.05, 3.63) is 30.1 Å². The third-order valence-electron chi connectivity index (χ3n) is 1.71. The Hall–Kier alpha value is -1.23. The number of nitrogens with zero attached hydrogens (tertiary/aromatic N) is 1. The van der Waals surface area contributed by atoms with Crippen molar-refractivity contribution in [1.82, 2.24) is 4.98 Å². The number of hydrogen-bond acceptors (Lipinski definition) is 4. The van der Waals surface area contributed by atoms with Crippen molar-refractivity contribution in [1.29, 1.82) is 0 Å². The van der Waals surface area contributed by atoms with Crippen molar-refractivity contribution < 1.29 is 14.3 Å². The Morgan fingerprint density at radius 1 is 1.38 bits per heavy atom. The summed E-state index contributed by atoms with van der Waals surface area (Å²) >= 11 is 3.01. The van der Waals surface area contributed by atoms with Gasteiger partial charge in [-0.1, -0.05) is 22.0 Å². The molecule has 5 heteroatoms. The largest absolute Gasteiger partial charge is 0.462 e. The van der Waals surface area contributed by atoms with E-state index in [1.54, 1.807) is 32.0 Å². The smallest absolute Gasteiger partial charge is 0.328 e. The molecular weight excluding hydrogens is 274 g/mol. The van der Waals surface area contributed by atoms with Gasteiger partial charge in [0, 0.05) is 6.20 Å². The molecular formula is C11H12BrNO3. The number of halogens is 1. The summed E-state index contributed by atoms with van der Waals surface area (Å²) in [5, 5.41) is 0. The molecule has 0 aliphatic heterocycles. The second kappa shape index (κ2) is 5.75. The zero-order chi connectivity index (χ0) is 12.1. The molecule has 16 heavy (non-hydrogen) atoms. The maximum Gasteiger partial charge on any atom is 0.328 e. The fourth-order valence-electron chi connectivity index (χ4n) is 1.04. The zero-order valence-electron chi connectivity index (χ0n) is 9.01. The summed E-state index contributed by atoms with van der Waals surface area (Å²) in [4.78, 5) is 26.1. The molecule has 0 radical (unpaired) electrons. The van der Waals surface area contributed by atoms with Crippen molar-refractivity contribution in [2.24, 2.45) is 0 Å². The van der Waals surface area contributed by atoms with Crippen molar-refractivity contribution in [2.75, 3.05) is 0 Å². The van der Waals surface area contributed by atoms with Crippen molar-refractivity contribution >= 4 is 27.7 Å². The van der Waals surface area contributed by atoms with E-state index in [-0.39, 0.29) is 11.8 Å². The highest BCUT2D eigenvalue weighted by Gasteiger charge is 2.27. The van der Waals surface area contributed by atoms with Crippen LogP contribution >= 0.6 is 15.9 Å². The van der Waals surface area contributed by atoms with Gasteiger partial charge in [0.15, 0.2) is 4.83 Å². The van der Waals surface area contributed by atoms with Gasteiger partial charge < -0.3 is 4.74 Å². The highest BCUT2D eigenvalue weighted by Crippen LogP contribution is 2.11. The van der Waals surface area contributed by atoms with Crippen LogP contribution in [0.5, 0.6) is 0 Å². The molecule has 86 valence electrons.